The zero-order valence-electron chi connectivity index (χ0n) is 3.13. The lowest BCUT2D eigenvalue weighted by atomic mass is 10.6. The van der Waals surface area contributed by atoms with Crippen molar-refractivity contribution >= 4 is 47.8 Å². The van der Waals surface area contributed by atoms with Crippen LogP contribution in [0.2, 0.25) is 0 Å². The summed E-state index contributed by atoms with van der Waals surface area (Å²) in [4.78, 5) is 0.581. The molecule has 38 valence electrons. The Hall–Kier alpha value is 1.44. The molecule has 0 nitrogen and oxygen atoms in total. The quantitative estimate of drug-likeness (QED) is 0.682. The summed E-state index contributed by atoms with van der Waals surface area (Å²) in [5.41, 5.74) is 0. The van der Waals surface area contributed by atoms with Crippen LogP contribution >= 0.6 is 47.8 Å². The van der Waals surface area contributed by atoms with Crippen molar-refractivity contribution in [3.8, 4) is 0 Å². The van der Waals surface area contributed by atoms with Crippen LogP contribution in [0.1, 0.15) is 0 Å². The number of hydrogen-bond donors (Lipinski definition) is 0. The van der Waals surface area contributed by atoms with E-state index in [-0.39, 0.29) is 0 Å². The predicted octanol–water partition coefficient (Wildman–Crippen LogP) is 2.54. The molecule has 0 saturated heterocycles. The molecule has 3 heteroatoms. The molecule has 6 heavy (non-hydrogen) atoms. The van der Waals surface area contributed by atoms with Crippen molar-refractivity contribution in [1.82, 2.24) is 0 Å². The zero-order chi connectivity index (χ0) is 4.99. The van der Waals surface area contributed by atoms with Gasteiger partial charge in [0, 0.05) is 15.5 Å². The summed E-state index contributed by atoms with van der Waals surface area (Å²) in [6, 6.07) is 0. The van der Waals surface area contributed by atoms with Crippen LogP contribution in [0.4, 0.5) is 0 Å². The first-order valence-electron chi connectivity index (χ1n) is 1.57. The fraction of sp³-hybridized carbons (Fsp3) is 1.00. The highest BCUT2D eigenvalue weighted by Crippen LogP contribution is 2.05. The third kappa shape index (κ3) is 3.62. The van der Waals surface area contributed by atoms with Crippen LogP contribution in [0, 0.1) is 0 Å². The molecule has 0 aromatic rings. The smallest absolute Gasteiger partial charge is 0.0339 e. The molecule has 0 unspecified atom stereocenters. The van der Waals surface area contributed by atoms with Gasteiger partial charge in [-0.25, -0.2) is 0 Å². The summed E-state index contributed by atoms with van der Waals surface area (Å²) in [5, 5.41) is 2.02. The Labute approximate surface area is 63.1 Å². The van der Waals surface area contributed by atoms with Gasteiger partial charge in [0.05, 0.1) is 0 Å². The van der Waals surface area contributed by atoms with E-state index < -0.39 is 0 Å². The number of alkyl halides is 3. The Morgan fingerprint density at radius 3 is 1.50 bits per heavy atom. The van der Waals surface area contributed by atoms with Crippen LogP contribution in [0.3, 0.4) is 0 Å². The average molecular weight is 281 g/mol. The van der Waals surface area contributed by atoms with Gasteiger partial charge < -0.3 is 0 Å². The van der Waals surface area contributed by atoms with E-state index in [9.17, 15) is 0 Å². The minimum Gasteiger partial charge on any atom is -0.0916 e. The van der Waals surface area contributed by atoms with Crippen molar-refractivity contribution in [2.24, 2.45) is 0 Å². The van der Waals surface area contributed by atoms with Gasteiger partial charge in [-0.1, -0.05) is 47.8 Å². The number of hydrogen-bond acceptors (Lipinski definition) is 0. The summed E-state index contributed by atoms with van der Waals surface area (Å²) in [5.74, 6) is 0. The van der Waals surface area contributed by atoms with Crippen molar-refractivity contribution in [3.63, 3.8) is 0 Å². The molecule has 0 fully saturated rings. The maximum atomic E-state index is 3.38. The largest absolute Gasteiger partial charge is 0.0916 e. The van der Waals surface area contributed by atoms with Gasteiger partial charge in [0.15, 0.2) is 0 Å². The number of halogens is 3. The third-order valence-corrected chi connectivity index (χ3v) is 4.28. The molecule has 0 aliphatic carbocycles. The second kappa shape index (κ2) is 4.60. The van der Waals surface area contributed by atoms with Crippen LogP contribution in [0.5, 0.6) is 0 Å². The van der Waals surface area contributed by atoms with Gasteiger partial charge in [-0.3, -0.25) is 0 Å². The highest BCUT2D eigenvalue weighted by molar-refractivity contribution is 9.13. The Balaban J connectivity index is 2.75. The van der Waals surface area contributed by atoms with Crippen molar-refractivity contribution < 1.29 is 0 Å². The molecule has 0 bridgehead atoms. The van der Waals surface area contributed by atoms with Crippen molar-refractivity contribution in [2.45, 2.75) is 4.83 Å². The molecule has 0 aromatic carbocycles. The molecular weight excluding hydrogens is 276 g/mol. The van der Waals surface area contributed by atoms with Crippen LogP contribution < -0.4 is 0 Å². The van der Waals surface area contributed by atoms with E-state index in [1.165, 1.54) is 0 Å². The lowest BCUT2D eigenvalue weighted by Crippen LogP contribution is -1.97. The van der Waals surface area contributed by atoms with Gasteiger partial charge in [0.1, 0.15) is 0 Å². The van der Waals surface area contributed by atoms with E-state index in [0.29, 0.717) is 4.83 Å². The molecule has 0 spiro atoms. The molecule has 0 rings (SSSR count). The molecule has 0 saturated carbocycles. The molecule has 0 aliphatic rings. The van der Waals surface area contributed by atoms with Gasteiger partial charge in [-0.15, -0.1) is 0 Å². The van der Waals surface area contributed by atoms with E-state index in [0.717, 1.165) is 10.7 Å². The van der Waals surface area contributed by atoms with E-state index in [1.807, 2.05) is 0 Å². The molecular formula is C3H5Br3. The molecule has 0 amide bonds. The summed E-state index contributed by atoms with van der Waals surface area (Å²) in [6.07, 6.45) is 0. The van der Waals surface area contributed by atoms with Gasteiger partial charge >= 0.3 is 0 Å². The molecule has 0 aromatic heterocycles. The standard InChI is InChI=1S/C3H5Br3/c4-1-3(6)2-5/h3H,1-2H2. The average Bonchev–Trinajstić information content (AvgIpc) is 1.65. The lowest BCUT2D eigenvalue weighted by Gasteiger charge is -1.93. The van der Waals surface area contributed by atoms with Gasteiger partial charge in [-0.05, 0) is 0 Å². The fourth-order valence-corrected chi connectivity index (χ4v) is 1.11. The Morgan fingerprint density at radius 2 is 1.50 bits per heavy atom. The minimum absolute atomic E-state index is 0.581. The summed E-state index contributed by atoms with van der Waals surface area (Å²) in [6.45, 7) is 0. The fourth-order valence-electron chi connectivity index (χ4n) is 0.0412. The predicted molar refractivity (Wildman–Crippen MR) is 40.3 cm³/mol. The van der Waals surface area contributed by atoms with Crippen LogP contribution in [-0.4, -0.2) is 15.5 Å². The first kappa shape index (κ1) is 7.44. The normalized spacial score (nSPS) is 10.0. The molecule has 0 N–H and O–H groups in total. The molecule has 0 heterocycles. The minimum atomic E-state index is 0.581. The maximum absolute atomic E-state index is 3.38. The Bertz CT molecular complexity index is 25.2. The van der Waals surface area contributed by atoms with E-state index >= 15 is 0 Å². The topological polar surface area (TPSA) is 0 Å². The van der Waals surface area contributed by atoms with Crippen molar-refractivity contribution in [2.75, 3.05) is 10.7 Å². The highest BCUT2D eigenvalue weighted by Gasteiger charge is 1.94. The zero-order valence-corrected chi connectivity index (χ0v) is 7.88. The second-order valence-electron chi connectivity index (χ2n) is 0.906. The van der Waals surface area contributed by atoms with Gasteiger partial charge in [0.2, 0.25) is 0 Å². The van der Waals surface area contributed by atoms with Crippen LogP contribution in [0.15, 0.2) is 0 Å². The number of rotatable bonds is 2. The molecule has 0 aliphatic heterocycles. The first-order chi connectivity index (χ1) is 2.81. The molecule has 0 atom stereocenters. The van der Waals surface area contributed by atoms with Crippen molar-refractivity contribution in [1.29, 1.82) is 0 Å². The second-order valence-corrected chi connectivity index (χ2v) is 3.50. The summed E-state index contributed by atoms with van der Waals surface area (Å²) >= 11 is 9.98. The summed E-state index contributed by atoms with van der Waals surface area (Å²) in [7, 11) is 0. The maximum Gasteiger partial charge on any atom is 0.0339 e. The van der Waals surface area contributed by atoms with Crippen molar-refractivity contribution in [3.05, 3.63) is 0 Å². The van der Waals surface area contributed by atoms with E-state index in [2.05, 4.69) is 47.8 Å². The van der Waals surface area contributed by atoms with Crippen LogP contribution in [0.25, 0.3) is 0 Å². The lowest BCUT2D eigenvalue weighted by molar-refractivity contribution is 1.20. The Morgan fingerprint density at radius 1 is 1.17 bits per heavy atom. The van der Waals surface area contributed by atoms with Gasteiger partial charge in [-0.2, -0.15) is 0 Å². The monoisotopic (exact) mass is 278 g/mol. The van der Waals surface area contributed by atoms with E-state index in [1.54, 1.807) is 0 Å². The summed E-state index contributed by atoms with van der Waals surface area (Å²) < 4.78 is 0. The first-order valence-corrected chi connectivity index (χ1v) is 4.73. The van der Waals surface area contributed by atoms with E-state index in [4.69, 9.17) is 0 Å². The molecule has 0 radical (unpaired) electrons. The Kier molecular flexibility index (Phi) is 5.70. The third-order valence-electron chi connectivity index (χ3n) is 0.335. The van der Waals surface area contributed by atoms with Gasteiger partial charge in [0.25, 0.3) is 0 Å². The van der Waals surface area contributed by atoms with Crippen LogP contribution in [-0.2, 0) is 0 Å². The SMILES string of the molecule is BrCC(Br)CBr. The highest BCUT2D eigenvalue weighted by atomic mass is 79.9.